The second-order valence-electron chi connectivity index (χ2n) is 4.97. The Bertz CT molecular complexity index is 556. The quantitative estimate of drug-likeness (QED) is 0.560. The second kappa shape index (κ2) is 10.3. The lowest BCUT2D eigenvalue weighted by Crippen LogP contribution is -2.44. The van der Waals surface area contributed by atoms with Crippen molar-refractivity contribution < 1.29 is 23.9 Å². The highest BCUT2D eigenvalue weighted by Gasteiger charge is 2.25. The summed E-state index contributed by atoms with van der Waals surface area (Å²) in [4.78, 5) is 40.0. The first kappa shape index (κ1) is 19.5. The maximum atomic E-state index is 12.4. The molecule has 0 atom stereocenters. The number of rotatable bonds is 8. The molecule has 134 valence electrons. The fraction of sp³-hybridized carbons (Fsp3) is 0.562. The van der Waals surface area contributed by atoms with Crippen molar-refractivity contribution in [2.24, 2.45) is 0 Å². The molecule has 0 aliphatic rings. The molecule has 0 aromatic carbocycles. The van der Waals surface area contributed by atoms with Crippen molar-refractivity contribution in [2.45, 2.75) is 40.0 Å². The average molecular weight is 339 g/mol. The summed E-state index contributed by atoms with van der Waals surface area (Å²) in [5.74, 6) is -0.554. The van der Waals surface area contributed by atoms with Gasteiger partial charge in [-0.3, -0.25) is 4.90 Å². The molecule has 0 fully saturated rings. The van der Waals surface area contributed by atoms with Gasteiger partial charge in [-0.1, -0.05) is 19.8 Å². The summed E-state index contributed by atoms with van der Waals surface area (Å²) in [7, 11) is 0. The molecule has 0 radical (unpaired) electrons. The van der Waals surface area contributed by atoms with Gasteiger partial charge in [0, 0.05) is 12.7 Å². The molecule has 1 rings (SSSR count). The molecule has 1 heterocycles. The number of nitrogens with zero attached hydrogens (tertiary/aromatic N) is 1. The van der Waals surface area contributed by atoms with Gasteiger partial charge in [0.15, 0.2) is 0 Å². The Kier molecular flexibility index (Phi) is 8.38. The normalized spacial score (nSPS) is 10.1. The zero-order chi connectivity index (χ0) is 17.9. The van der Waals surface area contributed by atoms with Gasteiger partial charge >= 0.3 is 18.1 Å². The van der Waals surface area contributed by atoms with Crippen molar-refractivity contribution >= 4 is 23.8 Å². The molecule has 0 bridgehead atoms. The Morgan fingerprint density at radius 1 is 1.12 bits per heavy atom. The summed E-state index contributed by atoms with van der Waals surface area (Å²) < 4.78 is 9.71. The summed E-state index contributed by atoms with van der Waals surface area (Å²) in [6, 6.07) is 0.956. The Balaban J connectivity index is 2.97. The van der Waals surface area contributed by atoms with Crippen LogP contribution in [0.2, 0.25) is 0 Å². The van der Waals surface area contributed by atoms with Crippen molar-refractivity contribution in [2.75, 3.05) is 24.7 Å². The van der Waals surface area contributed by atoms with E-state index in [1.807, 2.05) is 6.92 Å². The van der Waals surface area contributed by atoms with E-state index < -0.39 is 18.1 Å². The number of carbonyl (C=O) groups is 3. The number of hydrogen-bond acceptors (Lipinski definition) is 5. The highest BCUT2D eigenvalue weighted by molar-refractivity contribution is 6.04. The number of esters is 1. The predicted molar refractivity (Wildman–Crippen MR) is 89.2 cm³/mol. The number of H-pyrrole nitrogens is 1. The topological polar surface area (TPSA) is 101 Å². The van der Waals surface area contributed by atoms with E-state index in [-0.39, 0.29) is 18.9 Å². The zero-order valence-corrected chi connectivity index (χ0v) is 14.4. The summed E-state index contributed by atoms with van der Waals surface area (Å²) in [6.45, 7) is 6.14. The highest BCUT2D eigenvalue weighted by Crippen LogP contribution is 2.21. The molecule has 3 amide bonds. The van der Waals surface area contributed by atoms with Gasteiger partial charge in [-0.05, 0) is 26.3 Å². The van der Waals surface area contributed by atoms with Crippen LogP contribution in [0, 0.1) is 0 Å². The minimum atomic E-state index is -0.823. The van der Waals surface area contributed by atoms with Crippen LogP contribution in [0.25, 0.3) is 0 Å². The fourth-order valence-electron chi connectivity index (χ4n) is 2.13. The molecule has 2 N–H and O–H groups in total. The summed E-state index contributed by atoms with van der Waals surface area (Å²) in [5.41, 5.74) is 0.540. The van der Waals surface area contributed by atoms with Crippen LogP contribution in [-0.2, 0) is 9.47 Å². The standard InChI is InChI=1S/C16H25N3O5/c1-4-7-8-11-19(15(21)18-16(22)24-6-3)12-9-10-17-13(12)14(20)23-5-2/h9-10,17H,4-8,11H2,1-3H3,(H,18,21,22). The number of imide groups is 1. The van der Waals surface area contributed by atoms with Crippen molar-refractivity contribution in [3.8, 4) is 0 Å². The van der Waals surface area contributed by atoms with Crippen LogP contribution < -0.4 is 10.2 Å². The number of nitrogens with one attached hydrogen (secondary N) is 2. The Morgan fingerprint density at radius 2 is 1.83 bits per heavy atom. The first-order chi connectivity index (χ1) is 11.5. The van der Waals surface area contributed by atoms with Crippen LogP contribution in [0.3, 0.4) is 0 Å². The van der Waals surface area contributed by atoms with E-state index in [1.54, 1.807) is 26.1 Å². The van der Waals surface area contributed by atoms with E-state index >= 15 is 0 Å². The van der Waals surface area contributed by atoms with Crippen LogP contribution >= 0.6 is 0 Å². The smallest absolute Gasteiger partial charge is 0.415 e. The molecule has 1 aromatic rings. The van der Waals surface area contributed by atoms with Gasteiger partial charge in [-0.15, -0.1) is 0 Å². The van der Waals surface area contributed by atoms with Crippen molar-refractivity contribution in [3.05, 3.63) is 18.0 Å². The van der Waals surface area contributed by atoms with Crippen LogP contribution in [0.15, 0.2) is 12.3 Å². The lowest BCUT2D eigenvalue weighted by molar-refractivity contribution is 0.0521. The molecule has 0 saturated heterocycles. The number of hydrogen-bond donors (Lipinski definition) is 2. The second-order valence-corrected chi connectivity index (χ2v) is 4.97. The van der Waals surface area contributed by atoms with E-state index in [2.05, 4.69) is 10.3 Å². The number of ether oxygens (including phenoxy) is 2. The Hall–Kier alpha value is -2.51. The molecular formula is C16H25N3O5. The summed E-state index contributed by atoms with van der Waals surface area (Å²) in [6.07, 6.45) is 3.36. The molecule has 0 spiro atoms. The molecule has 0 aliphatic carbocycles. The summed E-state index contributed by atoms with van der Waals surface area (Å²) >= 11 is 0. The summed E-state index contributed by atoms with van der Waals surface area (Å²) in [5, 5.41) is 2.15. The molecule has 0 aliphatic heterocycles. The van der Waals surface area contributed by atoms with Gasteiger partial charge in [0.25, 0.3) is 0 Å². The highest BCUT2D eigenvalue weighted by atomic mass is 16.5. The molecule has 0 unspecified atom stereocenters. The molecule has 1 aromatic heterocycles. The fourth-order valence-corrected chi connectivity index (χ4v) is 2.13. The van der Waals surface area contributed by atoms with Gasteiger partial charge in [0.2, 0.25) is 0 Å². The van der Waals surface area contributed by atoms with Crippen LogP contribution in [0.1, 0.15) is 50.5 Å². The minimum absolute atomic E-state index is 0.160. The molecule has 0 saturated carbocycles. The number of aromatic nitrogens is 1. The number of urea groups is 1. The number of carbonyl (C=O) groups excluding carboxylic acids is 3. The average Bonchev–Trinajstić information content (AvgIpc) is 3.01. The maximum absolute atomic E-state index is 12.4. The number of amides is 3. The van der Waals surface area contributed by atoms with Crippen molar-refractivity contribution in [1.29, 1.82) is 0 Å². The van der Waals surface area contributed by atoms with E-state index in [0.29, 0.717) is 12.2 Å². The number of alkyl carbamates (subject to hydrolysis) is 1. The molecule has 8 heteroatoms. The Morgan fingerprint density at radius 3 is 2.46 bits per heavy atom. The van der Waals surface area contributed by atoms with Gasteiger partial charge in [0.05, 0.1) is 18.9 Å². The third-order valence-corrected chi connectivity index (χ3v) is 3.21. The van der Waals surface area contributed by atoms with E-state index in [1.165, 1.54) is 4.90 Å². The lowest BCUT2D eigenvalue weighted by Gasteiger charge is -2.22. The van der Waals surface area contributed by atoms with Crippen LogP contribution in [0.5, 0.6) is 0 Å². The van der Waals surface area contributed by atoms with Crippen molar-refractivity contribution in [3.63, 3.8) is 0 Å². The minimum Gasteiger partial charge on any atom is -0.461 e. The monoisotopic (exact) mass is 339 g/mol. The largest absolute Gasteiger partial charge is 0.461 e. The third kappa shape index (κ3) is 5.60. The Labute approximate surface area is 141 Å². The first-order valence-corrected chi connectivity index (χ1v) is 8.14. The first-order valence-electron chi connectivity index (χ1n) is 8.14. The SMILES string of the molecule is CCCCCN(C(=O)NC(=O)OCC)c1cc[nH]c1C(=O)OCC. The van der Waals surface area contributed by atoms with E-state index in [0.717, 1.165) is 19.3 Å². The van der Waals surface area contributed by atoms with E-state index in [4.69, 9.17) is 9.47 Å². The van der Waals surface area contributed by atoms with Crippen molar-refractivity contribution in [1.82, 2.24) is 10.3 Å². The van der Waals surface area contributed by atoms with Gasteiger partial charge in [-0.2, -0.15) is 0 Å². The van der Waals surface area contributed by atoms with Crippen LogP contribution in [-0.4, -0.2) is 42.8 Å². The molecule has 24 heavy (non-hydrogen) atoms. The van der Waals surface area contributed by atoms with Gasteiger partial charge < -0.3 is 14.5 Å². The van der Waals surface area contributed by atoms with Gasteiger partial charge in [-0.25, -0.2) is 19.7 Å². The lowest BCUT2D eigenvalue weighted by atomic mass is 10.2. The number of unbranched alkanes of at least 4 members (excludes halogenated alkanes) is 2. The van der Waals surface area contributed by atoms with Gasteiger partial charge in [0.1, 0.15) is 5.69 Å². The third-order valence-electron chi connectivity index (χ3n) is 3.21. The number of anilines is 1. The predicted octanol–water partition coefficient (Wildman–Crippen LogP) is 3.05. The zero-order valence-electron chi connectivity index (χ0n) is 14.4. The molecular weight excluding hydrogens is 314 g/mol. The molecule has 8 nitrogen and oxygen atoms in total. The number of aromatic amines is 1. The maximum Gasteiger partial charge on any atom is 0.415 e. The van der Waals surface area contributed by atoms with Crippen LogP contribution in [0.4, 0.5) is 15.3 Å². The van der Waals surface area contributed by atoms with E-state index in [9.17, 15) is 14.4 Å².